The standard InChI is InChI=1S/C45H36N2O8S3/c48-36-25-15-7-8-16-26(25)37(49)34(36)46-31-19-29-33(45(31,43(52)54-21-23-11-3-1-4-12-23)44(53)55-22-24-13-5-2-6-14-24)41-42(56-29)40-30(57-41)20-32(58-40)47-35-38(50)27-17-9-10-18-28(27)39(35)51/h1-6,11-14,19-20,25-28H,7-10,15-18,21-22H2. The normalized spacial score (nSPS) is 23.6. The van der Waals surface area contributed by atoms with Gasteiger partial charge in [0.1, 0.15) is 23.9 Å². The molecule has 0 aliphatic heterocycles. The fourth-order valence-corrected chi connectivity index (χ4v) is 13.6. The van der Waals surface area contributed by atoms with E-state index in [2.05, 4.69) is 4.99 Å². The van der Waals surface area contributed by atoms with Crippen LogP contribution < -0.4 is 0 Å². The van der Waals surface area contributed by atoms with Gasteiger partial charge < -0.3 is 9.47 Å². The molecule has 0 N–H and O–H groups in total. The number of benzene rings is 2. The van der Waals surface area contributed by atoms with Gasteiger partial charge in [0, 0.05) is 38.8 Å². The molecule has 2 aromatic carbocycles. The van der Waals surface area contributed by atoms with Crippen molar-refractivity contribution in [1.29, 1.82) is 0 Å². The number of ketones is 4. The number of nitrogens with zero attached hydrogens (tertiary/aromatic N) is 2. The van der Waals surface area contributed by atoms with Crippen LogP contribution in [0.25, 0.3) is 24.9 Å². The van der Waals surface area contributed by atoms with E-state index in [1.165, 1.54) is 34.0 Å². The van der Waals surface area contributed by atoms with Crippen molar-refractivity contribution in [2.24, 2.45) is 33.7 Å². The van der Waals surface area contributed by atoms with Crippen molar-refractivity contribution in [3.05, 3.63) is 94.0 Å². The molecule has 10 nitrogen and oxygen atoms in total. The summed E-state index contributed by atoms with van der Waals surface area (Å²) in [5, 5.41) is 0.533. The minimum atomic E-state index is -2.27. The van der Waals surface area contributed by atoms with Crippen LogP contribution in [0.2, 0.25) is 0 Å². The van der Waals surface area contributed by atoms with Crippen molar-refractivity contribution in [2.45, 2.75) is 70.0 Å². The van der Waals surface area contributed by atoms with Gasteiger partial charge in [0.25, 0.3) is 0 Å². The molecule has 4 saturated carbocycles. The van der Waals surface area contributed by atoms with Crippen LogP contribution in [0.1, 0.15) is 72.9 Å². The Labute approximate surface area is 344 Å². The summed E-state index contributed by atoms with van der Waals surface area (Å²) in [7, 11) is 0. The second kappa shape index (κ2) is 14.5. The lowest BCUT2D eigenvalue weighted by atomic mass is 9.81. The van der Waals surface area contributed by atoms with Gasteiger partial charge >= 0.3 is 11.9 Å². The Hall–Kier alpha value is -5.24. The predicted molar refractivity (Wildman–Crippen MR) is 223 cm³/mol. The molecule has 0 amide bonds. The number of carbonyl (C=O) groups excluding carboxylic acids is 6. The Kier molecular flexibility index (Phi) is 9.29. The first-order valence-electron chi connectivity index (χ1n) is 19.7. The number of esters is 2. The first-order valence-corrected chi connectivity index (χ1v) is 22.2. The van der Waals surface area contributed by atoms with Crippen LogP contribution in [0.3, 0.4) is 0 Å². The Bertz CT molecular complexity index is 2580. The van der Waals surface area contributed by atoms with Gasteiger partial charge in [-0.05, 0) is 49.0 Å². The van der Waals surface area contributed by atoms with Crippen molar-refractivity contribution < 1.29 is 38.2 Å². The van der Waals surface area contributed by atoms with Gasteiger partial charge in [-0.25, -0.2) is 9.98 Å². The first kappa shape index (κ1) is 37.1. The molecular weight excluding hydrogens is 793 g/mol. The first-order chi connectivity index (χ1) is 28.2. The maximum Gasteiger partial charge on any atom is 0.334 e. The van der Waals surface area contributed by atoms with Crippen molar-refractivity contribution in [1.82, 2.24) is 0 Å². The van der Waals surface area contributed by atoms with Gasteiger partial charge in [0.15, 0.2) is 28.8 Å². The van der Waals surface area contributed by atoms with Gasteiger partial charge in [-0.3, -0.25) is 28.8 Å². The summed E-state index contributed by atoms with van der Waals surface area (Å²) in [6.07, 6.45) is 7.76. The predicted octanol–water partition coefficient (Wildman–Crippen LogP) is 8.69. The van der Waals surface area contributed by atoms with Crippen molar-refractivity contribution in [3.8, 4) is 0 Å². The van der Waals surface area contributed by atoms with Gasteiger partial charge in [-0.2, -0.15) is 0 Å². The molecule has 5 aromatic rings. The third-order valence-corrected chi connectivity index (χ3v) is 16.1. The van der Waals surface area contributed by atoms with Crippen LogP contribution >= 0.6 is 34.0 Å². The fraction of sp³-hybridized carbons (Fsp3) is 0.333. The molecule has 292 valence electrons. The Balaban J connectivity index is 1.11. The van der Waals surface area contributed by atoms with Gasteiger partial charge in [-0.1, -0.05) is 86.3 Å². The molecule has 0 radical (unpaired) electrons. The highest BCUT2D eigenvalue weighted by Gasteiger charge is 2.61. The lowest BCUT2D eigenvalue weighted by molar-refractivity contribution is -0.164. The van der Waals surface area contributed by atoms with Crippen LogP contribution in [0, 0.1) is 23.7 Å². The highest BCUT2D eigenvalue weighted by atomic mass is 32.1. The van der Waals surface area contributed by atoms with Crippen LogP contribution in [0.15, 0.2) is 82.4 Å². The number of fused-ring (bicyclic) bond motifs is 7. The fourth-order valence-electron chi connectivity index (χ4n) is 9.45. The van der Waals surface area contributed by atoms with E-state index in [0.717, 1.165) is 39.8 Å². The molecule has 10 rings (SSSR count). The minimum Gasteiger partial charge on any atom is -0.459 e. The van der Waals surface area contributed by atoms with E-state index in [0.29, 0.717) is 57.0 Å². The van der Waals surface area contributed by atoms with E-state index in [1.807, 2.05) is 42.5 Å². The van der Waals surface area contributed by atoms with Crippen molar-refractivity contribution in [2.75, 3.05) is 0 Å². The molecular formula is C45H36N2O8S3. The molecule has 0 spiro atoms. The highest BCUT2D eigenvalue weighted by molar-refractivity contribution is 7.40. The number of Topliss-reactive ketones (excluding diaryl/α,β-unsaturated/α-hetero) is 4. The van der Waals surface area contributed by atoms with E-state index in [-0.39, 0.29) is 65.3 Å². The third-order valence-electron chi connectivity index (χ3n) is 12.3. The lowest BCUT2D eigenvalue weighted by Crippen LogP contribution is -2.46. The molecule has 58 heavy (non-hydrogen) atoms. The largest absolute Gasteiger partial charge is 0.459 e. The summed E-state index contributed by atoms with van der Waals surface area (Å²) in [5.41, 5.74) is -0.826. The monoisotopic (exact) mass is 828 g/mol. The molecule has 0 saturated heterocycles. The zero-order chi connectivity index (χ0) is 39.7. The van der Waals surface area contributed by atoms with Crippen LogP contribution in [0.4, 0.5) is 5.00 Å². The number of hydrogen-bond donors (Lipinski definition) is 0. The quantitative estimate of drug-likeness (QED) is 0.112. The van der Waals surface area contributed by atoms with Gasteiger partial charge in [-0.15, -0.1) is 34.0 Å². The van der Waals surface area contributed by atoms with Crippen LogP contribution in [-0.4, -0.2) is 46.5 Å². The highest BCUT2D eigenvalue weighted by Crippen LogP contribution is 2.57. The Morgan fingerprint density at radius 3 is 1.59 bits per heavy atom. The second-order valence-corrected chi connectivity index (χ2v) is 18.8. The maximum absolute atomic E-state index is 15.0. The number of rotatable bonds is 8. The van der Waals surface area contributed by atoms with E-state index in [4.69, 9.17) is 14.5 Å². The molecule has 4 atom stereocenters. The average molecular weight is 829 g/mol. The summed E-state index contributed by atoms with van der Waals surface area (Å²) in [6, 6.07) is 20.0. The summed E-state index contributed by atoms with van der Waals surface area (Å²) in [5.74, 6) is -4.41. The number of ether oxygens (including phenoxy) is 2. The topological polar surface area (TPSA) is 146 Å². The zero-order valence-corrected chi connectivity index (χ0v) is 33.6. The Morgan fingerprint density at radius 2 is 1.09 bits per heavy atom. The number of hydrogen-bond acceptors (Lipinski definition) is 13. The maximum atomic E-state index is 15.0. The summed E-state index contributed by atoms with van der Waals surface area (Å²) in [6.45, 7) is -0.297. The van der Waals surface area contributed by atoms with E-state index in [1.54, 1.807) is 30.3 Å². The van der Waals surface area contributed by atoms with E-state index >= 15 is 0 Å². The smallest absolute Gasteiger partial charge is 0.334 e. The zero-order valence-electron chi connectivity index (χ0n) is 31.2. The Morgan fingerprint density at radius 1 is 0.603 bits per heavy atom. The van der Waals surface area contributed by atoms with E-state index in [9.17, 15) is 28.8 Å². The SMILES string of the molecule is O=C1C(=NC2=Cc3sc4c(sc5cc(N=C6C(=O)C7CCCCC7C6=O)sc54)c3C2(C(=O)OCc2ccccc2)C(=O)OCc2ccccc2)C(=O)C2CCCCC12. The molecule has 4 unspecified atom stereocenters. The number of aliphatic imine (C=N–C) groups is 2. The average Bonchev–Trinajstić information content (AvgIpc) is 4.06. The van der Waals surface area contributed by atoms with Crippen LogP contribution in [-0.2, 0) is 56.9 Å². The molecule has 13 heteroatoms. The minimum absolute atomic E-state index is 0.0274. The second-order valence-electron chi connectivity index (χ2n) is 15.7. The summed E-state index contributed by atoms with van der Waals surface area (Å²) >= 11 is 4.05. The van der Waals surface area contributed by atoms with Crippen molar-refractivity contribution >= 4 is 110 Å². The van der Waals surface area contributed by atoms with Gasteiger partial charge in [0.05, 0.1) is 19.8 Å². The third kappa shape index (κ3) is 5.84. The molecule has 4 fully saturated rings. The summed E-state index contributed by atoms with van der Waals surface area (Å²) in [4.78, 5) is 94.1. The lowest BCUT2D eigenvalue weighted by Gasteiger charge is -2.27. The molecule has 3 heterocycles. The number of thiophene rings is 3. The van der Waals surface area contributed by atoms with Crippen LogP contribution in [0.5, 0.6) is 0 Å². The van der Waals surface area contributed by atoms with Gasteiger partial charge in [0.2, 0.25) is 5.41 Å². The van der Waals surface area contributed by atoms with E-state index < -0.39 is 29.2 Å². The number of carbonyl (C=O) groups is 6. The summed E-state index contributed by atoms with van der Waals surface area (Å²) < 4.78 is 15.1. The molecule has 5 aliphatic carbocycles. The molecule has 5 aliphatic rings. The molecule has 3 aromatic heterocycles. The van der Waals surface area contributed by atoms with Crippen molar-refractivity contribution in [3.63, 3.8) is 0 Å². The molecule has 0 bridgehead atoms.